The van der Waals surface area contributed by atoms with Crippen LogP contribution in [-0.2, 0) is 10.8 Å². The van der Waals surface area contributed by atoms with Gasteiger partial charge < -0.3 is 5.32 Å². The standard InChI is InChI=1S/C13H17NOS/c1-9-4-3-5-11-10-6-13(2,14-12(9)11)8-16(15)7-10/h3-5,10,14H,6-8H2,1-2H3/t10-,13+,16?/m1/s1. The zero-order chi connectivity index (χ0) is 11.3. The number of benzene rings is 1. The number of anilines is 1. The Morgan fingerprint density at radius 1 is 1.50 bits per heavy atom. The van der Waals surface area contributed by atoms with Crippen molar-refractivity contribution in [2.24, 2.45) is 0 Å². The second kappa shape index (κ2) is 3.33. The van der Waals surface area contributed by atoms with Gasteiger partial charge in [-0.2, -0.15) is 0 Å². The molecule has 0 aromatic heterocycles. The smallest absolute Gasteiger partial charge is 0.0467 e. The topological polar surface area (TPSA) is 29.1 Å². The molecular weight excluding hydrogens is 218 g/mol. The van der Waals surface area contributed by atoms with E-state index in [1.54, 1.807) is 0 Å². The lowest BCUT2D eigenvalue weighted by molar-refractivity contribution is 0.441. The van der Waals surface area contributed by atoms with E-state index in [4.69, 9.17) is 0 Å². The molecule has 2 bridgehead atoms. The Morgan fingerprint density at radius 2 is 2.31 bits per heavy atom. The molecule has 2 heterocycles. The summed E-state index contributed by atoms with van der Waals surface area (Å²) in [6, 6.07) is 6.44. The summed E-state index contributed by atoms with van der Waals surface area (Å²) in [5.41, 5.74) is 4.00. The molecule has 3 heteroatoms. The van der Waals surface area contributed by atoms with Gasteiger partial charge in [-0.3, -0.25) is 4.21 Å². The lowest BCUT2D eigenvalue weighted by Gasteiger charge is -2.45. The van der Waals surface area contributed by atoms with Crippen LogP contribution in [0.1, 0.15) is 30.4 Å². The van der Waals surface area contributed by atoms with Gasteiger partial charge in [-0.1, -0.05) is 18.2 Å². The van der Waals surface area contributed by atoms with Gasteiger partial charge in [-0.25, -0.2) is 0 Å². The van der Waals surface area contributed by atoms with Crippen molar-refractivity contribution < 1.29 is 4.21 Å². The summed E-state index contributed by atoms with van der Waals surface area (Å²) in [4.78, 5) is 0. The first kappa shape index (κ1) is 10.3. The summed E-state index contributed by atoms with van der Waals surface area (Å²) in [6.07, 6.45) is 1.12. The number of hydrogen-bond acceptors (Lipinski definition) is 2. The van der Waals surface area contributed by atoms with E-state index in [-0.39, 0.29) is 5.54 Å². The zero-order valence-corrected chi connectivity index (χ0v) is 10.6. The molecule has 0 radical (unpaired) electrons. The highest BCUT2D eigenvalue weighted by Crippen LogP contribution is 2.44. The highest BCUT2D eigenvalue weighted by molar-refractivity contribution is 7.85. The van der Waals surface area contributed by atoms with Gasteiger partial charge in [-0.15, -0.1) is 0 Å². The van der Waals surface area contributed by atoms with Crippen LogP contribution >= 0.6 is 0 Å². The molecule has 1 unspecified atom stereocenters. The molecule has 1 fully saturated rings. The first-order valence-corrected chi connectivity index (χ1v) is 7.29. The Morgan fingerprint density at radius 3 is 3.12 bits per heavy atom. The Bertz CT molecular complexity index is 471. The number of hydrogen-bond donors (Lipinski definition) is 1. The molecule has 2 aliphatic rings. The quantitative estimate of drug-likeness (QED) is 0.748. The molecule has 0 aliphatic carbocycles. The molecule has 0 spiro atoms. The fourth-order valence-electron chi connectivity index (χ4n) is 3.09. The maximum absolute atomic E-state index is 11.8. The van der Waals surface area contributed by atoms with E-state index >= 15 is 0 Å². The third-order valence-electron chi connectivity index (χ3n) is 3.74. The maximum Gasteiger partial charge on any atom is 0.0467 e. The van der Waals surface area contributed by atoms with Gasteiger partial charge in [0.2, 0.25) is 0 Å². The molecule has 2 aliphatic heterocycles. The van der Waals surface area contributed by atoms with Crippen molar-refractivity contribution in [1.29, 1.82) is 0 Å². The van der Waals surface area contributed by atoms with Gasteiger partial charge >= 0.3 is 0 Å². The van der Waals surface area contributed by atoms with Crippen LogP contribution in [0.4, 0.5) is 5.69 Å². The second-order valence-corrected chi connectivity index (χ2v) is 6.88. The molecule has 1 aromatic rings. The van der Waals surface area contributed by atoms with E-state index in [0.717, 1.165) is 17.9 Å². The summed E-state index contributed by atoms with van der Waals surface area (Å²) in [5, 5.41) is 3.61. The van der Waals surface area contributed by atoms with Gasteiger partial charge in [0.1, 0.15) is 0 Å². The number of para-hydroxylation sites is 1. The average molecular weight is 235 g/mol. The molecule has 2 nitrogen and oxygen atoms in total. The van der Waals surface area contributed by atoms with E-state index < -0.39 is 10.8 Å². The number of fused-ring (bicyclic) bond motifs is 4. The van der Waals surface area contributed by atoms with Crippen LogP contribution in [-0.4, -0.2) is 21.3 Å². The van der Waals surface area contributed by atoms with Gasteiger partial charge in [0.25, 0.3) is 0 Å². The highest BCUT2D eigenvalue weighted by Gasteiger charge is 2.41. The molecule has 16 heavy (non-hydrogen) atoms. The van der Waals surface area contributed by atoms with E-state index in [9.17, 15) is 4.21 Å². The van der Waals surface area contributed by atoms with Crippen LogP contribution in [0.3, 0.4) is 0 Å². The van der Waals surface area contributed by atoms with Crippen molar-refractivity contribution in [2.75, 3.05) is 16.8 Å². The molecule has 0 saturated carbocycles. The van der Waals surface area contributed by atoms with E-state index in [1.807, 2.05) is 0 Å². The molecular formula is C13H17NOS. The van der Waals surface area contributed by atoms with E-state index in [0.29, 0.717) is 5.92 Å². The number of rotatable bonds is 0. The first-order chi connectivity index (χ1) is 7.57. The normalized spacial score (nSPS) is 36.4. The van der Waals surface area contributed by atoms with Crippen molar-refractivity contribution >= 4 is 16.5 Å². The Balaban J connectivity index is 2.14. The number of aryl methyl sites for hydroxylation is 1. The van der Waals surface area contributed by atoms with Crippen molar-refractivity contribution in [1.82, 2.24) is 0 Å². The van der Waals surface area contributed by atoms with Gasteiger partial charge in [-0.05, 0) is 37.3 Å². The van der Waals surface area contributed by atoms with Crippen LogP contribution in [0.25, 0.3) is 0 Å². The fraction of sp³-hybridized carbons (Fsp3) is 0.538. The van der Waals surface area contributed by atoms with Crippen LogP contribution in [0.2, 0.25) is 0 Å². The van der Waals surface area contributed by atoms with Crippen LogP contribution in [0.5, 0.6) is 0 Å². The average Bonchev–Trinajstić information content (AvgIpc) is 2.18. The number of nitrogens with one attached hydrogen (secondary N) is 1. The lowest BCUT2D eigenvalue weighted by atomic mass is 9.80. The monoisotopic (exact) mass is 235 g/mol. The summed E-state index contributed by atoms with van der Waals surface area (Å²) in [6.45, 7) is 4.35. The predicted octanol–water partition coefficient (Wildman–Crippen LogP) is 2.42. The summed E-state index contributed by atoms with van der Waals surface area (Å²) < 4.78 is 11.8. The molecule has 86 valence electrons. The first-order valence-electron chi connectivity index (χ1n) is 5.80. The summed E-state index contributed by atoms with van der Waals surface area (Å²) >= 11 is 0. The van der Waals surface area contributed by atoms with Crippen molar-refractivity contribution in [3.8, 4) is 0 Å². The van der Waals surface area contributed by atoms with Crippen molar-refractivity contribution in [3.05, 3.63) is 29.3 Å². The van der Waals surface area contributed by atoms with Gasteiger partial charge in [0.15, 0.2) is 0 Å². The second-order valence-electron chi connectivity index (χ2n) is 5.38. The molecule has 1 aromatic carbocycles. The molecule has 3 atom stereocenters. The van der Waals surface area contributed by atoms with Crippen molar-refractivity contribution in [3.63, 3.8) is 0 Å². The van der Waals surface area contributed by atoms with E-state index in [1.165, 1.54) is 16.8 Å². The third-order valence-corrected chi connectivity index (χ3v) is 5.47. The zero-order valence-electron chi connectivity index (χ0n) is 9.75. The lowest BCUT2D eigenvalue weighted by Crippen LogP contribution is -2.50. The molecule has 1 N–H and O–H groups in total. The van der Waals surface area contributed by atoms with Gasteiger partial charge in [0.05, 0.1) is 0 Å². The maximum atomic E-state index is 11.8. The Kier molecular flexibility index (Phi) is 2.15. The minimum absolute atomic E-state index is 0.0346. The van der Waals surface area contributed by atoms with Crippen LogP contribution in [0, 0.1) is 6.92 Å². The minimum atomic E-state index is -0.665. The Labute approximate surface area is 98.9 Å². The van der Waals surface area contributed by atoms with E-state index in [2.05, 4.69) is 37.4 Å². The third kappa shape index (κ3) is 1.49. The largest absolute Gasteiger partial charge is 0.378 e. The predicted molar refractivity (Wildman–Crippen MR) is 68.4 cm³/mol. The molecule has 0 amide bonds. The molecule has 3 rings (SSSR count). The minimum Gasteiger partial charge on any atom is -0.378 e. The molecule has 1 saturated heterocycles. The van der Waals surface area contributed by atoms with Crippen LogP contribution < -0.4 is 5.32 Å². The Hall–Kier alpha value is -0.830. The summed E-state index contributed by atoms with van der Waals surface area (Å²) in [7, 11) is -0.665. The van der Waals surface area contributed by atoms with Crippen molar-refractivity contribution in [2.45, 2.75) is 31.7 Å². The summed E-state index contributed by atoms with van der Waals surface area (Å²) in [5.74, 6) is 2.11. The van der Waals surface area contributed by atoms with Crippen LogP contribution in [0.15, 0.2) is 18.2 Å². The van der Waals surface area contributed by atoms with Gasteiger partial charge in [0, 0.05) is 33.5 Å². The SMILES string of the molecule is Cc1cccc2c1N[C@@]1(C)C[C@@H]2CS(=O)C1. The highest BCUT2D eigenvalue weighted by atomic mass is 32.2. The fourth-order valence-corrected chi connectivity index (χ4v) is 4.86.